The van der Waals surface area contributed by atoms with E-state index in [1.54, 1.807) is 0 Å². The summed E-state index contributed by atoms with van der Waals surface area (Å²) in [7, 11) is 0. The van der Waals surface area contributed by atoms with Crippen molar-refractivity contribution >= 4 is 5.91 Å². The second-order valence-electron chi connectivity index (χ2n) is 6.52. The number of fused-ring (bicyclic) bond motifs is 1. The fourth-order valence-corrected chi connectivity index (χ4v) is 4.07. The van der Waals surface area contributed by atoms with Crippen LogP contribution in [0.5, 0.6) is 0 Å². The summed E-state index contributed by atoms with van der Waals surface area (Å²) in [6.07, 6.45) is 8.70. The molecule has 0 aromatic heterocycles. The minimum absolute atomic E-state index is 0.0499. The first-order chi connectivity index (χ1) is 9.24. The second kappa shape index (κ2) is 5.80. The summed E-state index contributed by atoms with van der Waals surface area (Å²) < 4.78 is 0. The fraction of sp³-hybridized carbons (Fsp3) is 0.933. The van der Waals surface area contributed by atoms with Gasteiger partial charge in [0.15, 0.2) is 0 Å². The van der Waals surface area contributed by atoms with E-state index in [2.05, 4.69) is 15.5 Å². The van der Waals surface area contributed by atoms with Crippen molar-refractivity contribution in [2.45, 2.75) is 76.0 Å². The van der Waals surface area contributed by atoms with Gasteiger partial charge in [0.2, 0.25) is 5.91 Å². The lowest BCUT2D eigenvalue weighted by Gasteiger charge is -2.25. The molecular formula is C15H27N3O. The molecule has 4 nitrogen and oxygen atoms in total. The lowest BCUT2D eigenvalue weighted by atomic mass is 10.1. The highest BCUT2D eigenvalue weighted by Gasteiger charge is 2.38. The Morgan fingerprint density at radius 2 is 1.89 bits per heavy atom. The molecule has 0 radical (unpaired) electrons. The first kappa shape index (κ1) is 13.4. The maximum atomic E-state index is 12.2. The van der Waals surface area contributed by atoms with Crippen molar-refractivity contribution in [3.63, 3.8) is 0 Å². The standard InChI is InChI=1S/C15H27N3O/c1-11(15(19)17-12-5-2-3-6-12)16-13-8-10-18-9-4-7-14(13)18/h11-14,16H,2-10H2,1H3,(H,17,19). The van der Waals surface area contributed by atoms with Crippen molar-refractivity contribution in [1.82, 2.24) is 15.5 Å². The number of amides is 1. The predicted octanol–water partition coefficient (Wildman–Crippen LogP) is 1.26. The molecule has 1 saturated carbocycles. The molecule has 3 aliphatic rings. The van der Waals surface area contributed by atoms with Gasteiger partial charge in [-0.15, -0.1) is 0 Å². The summed E-state index contributed by atoms with van der Waals surface area (Å²) in [4.78, 5) is 14.8. The molecule has 0 aromatic rings. The largest absolute Gasteiger partial charge is 0.352 e. The third kappa shape index (κ3) is 2.95. The lowest BCUT2D eigenvalue weighted by molar-refractivity contribution is -0.123. The van der Waals surface area contributed by atoms with E-state index in [-0.39, 0.29) is 11.9 Å². The zero-order chi connectivity index (χ0) is 13.2. The minimum atomic E-state index is -0.0499. The van der Waals surface area contributed by atoms with Gasteiger partial charge in [-0.3, -0.25) is 9.69 Å². The van der Waals surface area contributed by atoms with E-state index in [0.29, 0.717) is 18.1 Å². The topological polar surface area (TPSA) is 44.4 Å². The molecule has 108 valence electrons. The Morgan fingerprint density at radius 1 is 1.11 bits per heavy atom. The molecule has 1 aliphatic carbocycles. The molecule has 3 fully saturated rings. The van der Waals surface area contributed by atoms with Crippen molar-refractivity contribution in [3.8, 4) is 0 Å². The van der Waals surface area contributed by atoms with Crippen LogP contribution in [0.2, 0.25) is 0 Å². The van der Waals surface area contributed by atoms with E-state index >= 15 is 0 Å². The van der Waals surface area contributed by atoms with Gasteiger partial charge in [-0.2, -0.15) is 0 Å². The number of rotatable bonds is 4. The molecule has 0 aromatic carbocycles. The minimum Gasteiger partial charge on any atom is -0.352 e. The number of nitrogens with one attached hydrogen (secondary N) is 2. The highest BCUT2D eigenvalue weighted by atomic mass is 16.2. The summed E-state index contributed by atoms with van der Waals surface area (Å²) in [5.41, 5.74) is 0. The Bertz CT molecular complexity index is 327. The SMILES string of the molecule is CC(NC1CCN2CCCC12)C(=O)NC1CCCC1. The smallest absolute Gasteiger partial charge is 0.237 e. The highest BCUT2D eigenvalue weighted by molar-refractivity contribution is 5.81. The molecule has 2 saturated heterocycles. The van der Waals surface area contributed by atoms with Crippen molar-refractivity contribution in [3.05, 3.63) is 0 Å². The average molecular weight is 265 g/mol. The Morgan fingerprint density at radius 3 is 2.68 bits per heavy atom. The number of hydrogen-bond donors (Lipinski definition) is 2. The molecule has 19 heavy (non-hydrogen) atoms. The van der Waals surface area contributed by atoms with Crippen molar-refractivity contribution < 1.29 is 4.79 Å². The zero-order valence-electron chi connectivity index (χ0n) is 12.0. The molecule has 4 heteroatoms. The van der Waals surface area contributed by atoms with E-state index in [4.69, 9.17) is 0 Å². The molecule has 2 N–H and O–H groups in total. The molecule has 3 unspecified atom stereocenters. The summed E-state index contributed by atoms with van der Waals surface area (Å²) in [5, 5.41) is 6.77. The van der Waals surface area contributed by atoms with Crippen LogP contribution in [0.3, 0.4) is 0 Å². The molecule has 2 aliphatic heterocycles. The summed E-state index contributed by atoms with van der Waals surface area (Å²) in [6.45, 7) is 4.48. The maximum absolute atomic E-state index is 12.2. The van der Waals surface area contributed by atoms with Gasteiger partial charge in [-0.25, -0.2) is 0 Å². The van der Waals surface area contributed by atoms with Gasteiger partial charge in [-0.05, 0) is 45.6 Å². The van der Waals surface area contributed by atoms with Crippen LogP contribution in [-0.4, -0.2) is 48.1 Å². The van der Waals surface area contributed by atoms with Gasteiger partial charge in [0.1, 0.15) is 0 Å². The average Bonchev–Trinajstić information content (AvgIpc) is 3.07. The van der Waals surface area contributed by atoms with E-state index in [1.807, 2.05) is 6.92 Å². The maximum Gasteiger partial charge on any atom is 0.237 e. The molecule has 2 heterocycles. The Labute approximate surface area is 116 Å². The van der Waals surface area contributed by atoms with Gasteiger partial charge in [0.05, 0.1) is 6.04 Å². The molecular weight excluding hydrogens is 238 g/mol. The van der Waals surface area contributed by atoms with Crippen molar-refractivity contribution in [2.24, 2.45) is 0 Å². The first-order valence-corrected chi connectivity index (χ1v) is 8.04. The Kier molecular flexibility index (Phi) is 4.08. The van der Waals surface area contributed by atoms with E-state index in [0.717, 1.165) is 12.8 Å². The van der Waals surface area contributed by atoms with Gasteiger partial charge in [-0.1, -0.05) is 12.8 Å². The quantitative estimate of drug-likeness (QED) is 0.804. The Hall–Kier alpha value is -0.610. The zero-order valence-corrected chi connectivity index (χ0v) is 12.0. The van der Waals surface area contributed by atoms with Crippen LogP contribution < -0.4 is 10.6 Å². The van der Waals surface area contributed by atoms with E-state index in [1.165, 1.54) is 45.2 Å². The van der Waals surface area contributed by atoms with Crippen molar-refractivity contribution in [1.29, 1.82) is 0 Å². The fourth-order valence-electron chi connectivity index (χ4n) is 4.07. The molecule has 3 atom stereocenters. The van der Waals surface area contributed by atoms with Crippen LogP contribution in [0.25, 0.3) is 0 Å². The lowest BCUT2D eigenvalue weighted by Crippen LogP contribution is -2.51. The number of nitrogens with zero attached hydrogens (tertiary/aromatic N) is 1. The van der Waals surface area contributed by atoms with E-state index < -0.39 is 0 Å². The molecule has 0 spiro atoms. The molecule has 3 rings (SSSR count). The van der Waals surface area contributed by atoms with Crippen LogP contribution in [0.15, 0.2) is 0 Å². The van der Waals surface area contributed by atoms with Crippen LogP contribution in [0.1, 0.15) is 51.9 Å². The van der Waals surface area contributed by atoms with Crippen LogP contribution in [0, 0.1) is 0 Å². The van der Waals surface area contributed by atoms with Crippen LogP contribution >= 0.6 is 0 Å². The normalized spacial score (nSPS) is 33.5. The van der Waals surface area contributed by atoms with Gasteiger partial charge in [0.25, 0.3) is 0 Å². The van der Waals surface area contributed by atoms with Crippen LogP contribution in [0.4, 0.5) is 0 Å². The molecule has 1 amide bonds. The Balaban J connectivity index is 1.47. The van der Waals surface area contributed by atoms with Gasteiger partial charge >= 0.3 is 0 Å². The summed E-state index contributed by atoms with van der Waals surface area (Å²) >= 11 is 0. The number of hydrogen-bond acceptors (Lipinski definition) is 3. The number of carbonyl (C=O) groups is 1. The summed E-state index contributed by atoms with van der Waals surface area (Å²) in [5.74, 6) is 0.198. The van der Waals surface area contributed by atoms with Gasteiger partial charge < -0.3 is 10.6 Å². The second-order valence-corrected chi connectivity index (χ2v) is 6.52. The van der Waals surface area contributed by atoms with Gasteiger partial charge in [0, 0.05) is 24.7 Å². The number of carbonyl (C=O) groups excluding carboxylic acids is 1. The highest BCUT2D eigenvalue weighted by Crippen LogP contribution is 2.28. The molecule has 0 bridgehead atoms. The first-order valence-electron chi connectivity index (χ1n) is 8.04. The van der Waals surface area contributed by atoms with Crippen LogP contribution in [-0.2, 0) is 4.79 Å². The predicted molar refractivity (Wildman–Crippen MR) is 76.0 cm³/mol. The third-order valence-corrected chi connectivity index (χ3v) is 5.16. The summed E-state index contributed by atoms with van der Waals surface area (Å²) in [6, 6.07) is 1.59. The third-order valence-electron chi connectivity index (χ3n) is 5.16. The van der Waals surface area contributed by atoms with E-state index in [9.17, 15) is 4.79 Å². The monoisotopic (exact) mass is 265 g/mol. The van der Waals surface area contributed by atoms with Crippen molar-refractivity contribution in [2.75, 3.05) is 13.1 Å².